The maximum absolute atomic E-state index is 11.7. The maximum Gasteiger partial charge on any atom is 0.411 e. The summed E-state index contributed by atoms with van der Waals surface area (Å²) in [5, 5.41) is 0. The molecular weight excluding hydrogens is 275 g/mol. The number of aryl methyl sites for hydroxylation is 1. The number of alkyl halides is 3. The zero-order valence-electron chi connectivity index (χ0n) is 10.8. The molecule has 0 saturated carbocycles. The topological polar surface area (TPSA) is 61.6 Å². The number of nitrogens with two attached hydrogens (primary N) is 1. The van der Waals surface area contributed by atoms with Gasteiger partial charge in [-0.05, 0) is 24.1 Å². The lowest BCUT2D eigenvalue weighted by molar-refractivity contribution is -0.177. The highest BCUT2D eigenvalue weighted by atomic mass is 19.4. The molecule has 20 heavy (non-hydrogen) atoms. The van der Waals surface area contributed by atoms with Crippen molar-refractivity contribution < 1.29 is 27.4 Å². The molecule has 1 aromatic carbocycles. The van der Waals surface area contributed by atoms with Gasteiger partial charge in [0, 0.05) is 12.1 Å². The van der Waals surface area contributed by atoms with E-state index in [4.69, 9.17) is 10.5 Å². The second-order valence-electron chi connectivity index (χ2n) is 4.13. The van der Waals surface area contributed by atoms with Crippen molar-refractivity contribution in [3.8, 4) is 0 Å². The molecule has 0 aliphatic heterocycles. The monoisotopic (exact) mass is 291 g/mol. The molecule has 0 fully saturated rings. The Morgan fingerprint density at radius 2 is 2.00 bits per heavy atom. The predicted octanol–water partition coefficient (Wildman–Crippen LogP) is 2.32. The molecule has 0 bridgehead atoms. The number of esters is 1. The first-order valence-electron chi connectivity index (χ1n) is 6.01. The lowest BCUT2D eigenvalue weighted by Gasteiger charge is -2.08. The molecule has 0 spiro atoms. The highest BCUT2D eigenvalue weighted by Gasteiger charge is 2.27. The number of benzene rings is 1. The first-order valence-corrected chi connectivity index (χ1v) is 6.01. The van der Waals surface area contributed by atoms with Crippen LogP contribution < -0.4 is 5.73 Å². The van der Waals surface area contributed by atoms with Crippen LogP contribution in [0.3, 0.4) is 0 Å². The zero-order chi connectivity index (χ0) is 15.0. The van der Waals surface area contributed by atoms with Gasteiger partial charge in [0.05, 0.1) is 6.61 Å². The summed E-state index contributed by atoms with van der Waals surface area (Å²) in [4.78, 5) is 11.3. The van der Waals surface area contributed by atoms with Gasteiger partial charge in [0.25, 0.3) is 0 Å². The highest BCUT2D eigenvalue weighted by molar-refractivity contribution is 5.69. The number of hydrogen-bond donors (Lipinski definition) is 1. The van der Waals surface area contributed by atoms with Crippen molar-refractivity contribution in [1.29, 1.82) is 0 Å². The number of carbonyl (C=O) groups is 1. The fourth-order valence-corrected chi connectivity index (χ4v) is 1.47. The molecule has 0 aromatic heterocycles. The van der Waals surface area contributed by atoms with E-state index in [1.165, 1.54) is 0 Å². The van der Waals surface area contributed by atoms with Gasteiger partial charge >= 0.3 is 12.1 Å². The van der Waals surface area contributed by atoms with Crippen molar-refractivity contribution in [3.05, 3.63) is 29.8 Å². The molecule has 7 heteroatoms. The van der Waals surface area contributed by atoms with E-state index in [-0.39, 0.29) is 19.6 Å². The minimum absolute atomic E-state index is 0.142. The lowest BCUT2D eigenvalue weighted by Crippen LogP contribution is -2.19. The third-order valence-electron chi connectivity index (χ3n) is 2.33. The summed E-state index contributed by atoms with van der Waals surface area (Å²) in [5.41, 5.74) is 7.10. The van der Waals surface area contributed by atoms with Gasteiger partial charge in [-0.1, -0.05) is 12.1 Å². The second-order valence-corrected chi connectivity index (χ2v) is 4.13. The minimum atomic E-state index is -4.36. The van der Waals surface area contributed by atoms with Crippen molar-refractivity contribution >= 4 is 11.7 Å². The molecule has 0 heterocycles. The standard InChI is InChI=1S/C13H16F3NO3/c14-13(15,16)9-19-6-7-20-12(18)5-4-10-2-1-3-11(17)8-10/h1-3,8H,4-7,9,17H2. The smallest absolute Gasteiger partial charge is 0.411 e. The van der Waals surface area contributed by atoms with Gasteiger partial charge in [0.15, 0.2) is 0 Å². The van der Waals surface area contributed by atoms with Crippen molar-refractivity contribution in [3.63, 3.8) is 0 Å². The van der Waals surface area contributed by atoms with Crippen LogP contribution in [0.5, 0.6) is 0 Å². The fourth-order valence-electron chi connectivity index (χ4n) is 1.47. The number of hydrogen-bond acceptors (Lipinski definition) is 4. The van der Waals surface area contributed by atoms with E-state index in [1.807, 2.05) is 6.07 Å². The second kappa shape index (κ2) is 7.74. The highest BCUT2D eigenvalue weighted by Crippen LogP contribution is 2.14. The number of anilines is 1. The Balaban J connectivity index is 2.12. The molecular formula is C13H16F3NO3. The van der Waals surface area contributed by atoms with Crippen LogP contribution in [0.25, 0.3) is 0 Å². The van der Waals surface area contributed by atoms with Crippen LogP contribution in [0.4, 0.5) is 18.9 Å². The largest absolute Gasteiger partial charge is 0.463 e. The lowest BCUT2D eigenvalue weighted by atomic mass is 10.1. The van der Waals surface area contributed by atoms with Gasteiger partial charge in [-0.2, -0.15) is 13.2 Å². The van der Waals surface area contributed by atoms with Crippen LogP contribution in [-0.4, -0.2) is 32.0 Å². The fraction of sp³-hybridized carbons (Fsp3) is 0.462. The maximum atomic E-state index is 11.7. The van der Waals surface area contributed by atoms with E-state index in [9.17, 15) is 18.0 Å². The van der Waals surface area contributed by atoms with Gasteiger partial charge in [-0.15, -0.1) is 0 Å². The van der Waals surface area contributed by atoms with E-state index in [1.54, 1.807) is 18.2 Å². The summed E-state index contributed by atoms with van der Waals surface area (Å²) in [6.07, 6.45) is -3.76. The van der Waals surface area contributed by atoms with E-state index < -0.39 is 18.8 Å². The average molecular weight is 291 g/mol. The molecule has 0 aliphatic rings. The van der Waals surface area contributed by atoms with E-state index in [2.05, 4.69) is 4.74 Å². The third-order valence-corrected chi connectivity index (χ3v) is 2.33. The number of ether oxygens (including phenoxy) is 2. The molecule has 2 N–H and O–H groups in total. The molecule has 1 rings (SSSR count). The predicted molar refractivity (Wildman–Crippen MR) is 67.0 cm³/mol. The first-order chi connectivity index (χ1) is 9.37. The molecule has 0 saturated heterocycles. The average Bonchev–Trinajstić information content (AvgIpc) is 2.35. The molecule has 1 aromatic rings. The molecule has 4 nitrogen and oxygen atoms in total. The molecule has 0 unspecified atom stereocenters. The molecule has 0 aliphatic carbocycles. The minimum Gasteiger partial charge on any atom is -0.463 e. The Morgan fingerprint density at radius 1 is 1.25 bits per heavy atom. The van der Waals surface area contributed by atoms with Crippen molar-refractivity contribution in [1.82, 2.24) is 0 Å². The first kappa shape index (κ1) is 16.3. The number of carbonyl (C=O) groups excluding carboxylic acids is 1. The van der Waals surface area contributed by atoms with Crippen LogP contribution in [0, 0.1) is 0 Å². The number of nitrogen functional groups attached to an aromatic ring is 1. The van der Waals surface area contributed by atoms with E-state index in [0.29, 0.717) is 12.1 Å². The van der Waals surface area contributed by atoms with Gasteiger partial charge < -0.3 is 15.2 Å². The van der Waals surface area contributed by atoms with Crippen LogP contribution >= 0.6 is 0 Å². The van der Waals surface area contributed by atoms with Crippen molar-refractivity contribution in [2.75, 3.05) is 25.6 Å². The summed E-state index contributed by atoms with van der Waals surface area (Å²) in [6, 6.07) is 7.09. The number of halogens is 3. The summed E-state index contributed by atoms with van der Waals surface area (Å²) in [6.45, 7) is -1.80. The summed E-state index contributed by atoms with van der Waals surface area (Å²) in [5.74, 6) is -0.483. The Kier molecular flexibility index (Phi) is 6.30. The quantitative estimate of drug-likeness (QED) is 0.476. The molecule has 112 valence electrons. The van der Waals surface area contributed by atoms with Crippen LogP contribution in [0.1, 0.15) is 12.0 Å². The van der Waals surface area contributed by atoms with Gasteiger partial charge in [0.1, 0.15) is 13.2 Å². The Morgan fingerprint density at radius 3 is 2.65 bits per heavy atom. The van der Waals surface area contributed by atoms with Gasteiger partial charge in [0.2, 0.25) is 0 Å². The summed E-state index contributed by atoms with van der Waals surface area (Å²) >= 11 is 0. The van der Waals surface area contributed by atoms with Crippen LogP contribution in [-0.2, 0) is 20.7 Å². The molecule has 0 atom stereocenters. The third kappa shape index (κ3) is 7.63. The Hall–Kier alpha value is -1.76. The Labute approximate surface area is 114 Å². The normalized spacial score (nSPS) is 11.3. The number of rotatable bonds is 7. The SMILES string of the molecule is Nc1cccc(CCC(=O)OCCOCC(F)(F)F)c1. The summed E-state index contributed by atoms with van der Waals surface area (Å²) < 4.78 is 44.3. The Bertz CT molecular complexity index is 435. The van der Waals surface area contributed by atoms with Gasteiger partial charge in [-0.3, -0.25) is 4.79 Å². The molecule has 0 amide bonds. The van der Waals surface area contributed by atoms with Crippen molar-refractivity contribution in [2.24, 2.45) is 0 Å². The van der Waals surface area contributed by atoms with Crippen LogP contribution in [0.15, 0.2) is 24.3 Å². The molecule has 0 radical (unpaired) electrons. The van der Waals surface area contributed by atoms with Crippen molar-refractivity contribution in [2.45, 2.75) is 19.0 Å². The van der Waals surface area contributed by atoms with E-state index >= 15 is 0 Å². The van der Waals surface area contributed by atoms with Gasteiger partial charge in [-0.25, -0.2) is 0 Å². The zero-order valence-corrected chi connectivity index (χ0v) is 10.8. The van der Waals surface area contributed by atoms with Crippen LogP contribution in [0.2, 0.25) is 0 Å². The van der Waals surface area contributed by atoms with E-state index in [0.717, 1.165) is 5.56 Å². The summed E-state index contributed by atoms with van der Waals surface area (Å²) in [7, 11) is 0.